The van der Waals surface area contributed by atoms with Crippen LogP contribution in [0.1, 0.15) is 19.5 Å². The van der Waals surface area contributed by atoms with Crippen molar-refractivity contribution in [2.24, 2.45) is 0 Å². The topological polar surface area (TPSA) is 60.2 Å². The van der Waals surface area contributed by atoms with Gasteiger partial charge in [0.05, 0.1) is 5.60 Å². The monoisotopic (exact) mass is 259 g/mol. The highest BCUT2D eigenvalue weighted by atomic mass is 16.5. The Balaban J connectivity index is 2.38. The number of pyridine rings is 1. The first kappa shape index (κ1) is 13.6. The summed E-state index contributed by atoms with van der Waals surface area (Å²) >= 11 is 0. The zero-order valence-electron chi connectivity index (χ0n) is 11.9. The maximum atomic E-state index is 5.99. The molecule has 0 saturated carbocycles. The number of fused-ring (bicyclic) bond motifs is 1. The van der Waals surface area contributed by atoms with Crippen LogP contribution in [0, 0.1) is 6.92 Å². The maximum absolute atomic E-state index is 5.99. The maximum Gasteiger partial charge on any atom is 0.0794 e. The van der Waals surface area contributed by atoms with Crippen LogP contribution < -0.4 is 11.1 Å². The molecule has 0 aliphatic rings. The number of nitrogens with two attached hydrogens (primary N) is 1. The molecule has 3 N–H and O–H groups in total. The summed E-state index contributed by atoms with van der Waals surface area (Å²) in [4.78, 5) is 4.30. The second-order valence-corrected chi connectivity index (χ2v) is 5.39. The van der Waals surface area contributed by atoms with Crippen molar-refractivity contribution in [3.63, 3.8) is 0 Å². The Kier molecular flexibility index (Phi) is 3.62. The molecule has 1 aromatic heterocycles. The van der Waals surface area contributed by atoms with E-state index in [4.69, 9.17) is 10.5 Å². The van der Waals surface area contributed by atoms with E-state index >= 15 is 0 Å². The highest BCUT2D eigenvalue weighted by molar-refractivity contribution is 6.00. The van der Waals surface area contributed by atoms with E-state index in [-0.39, 0.29) is 5.60 Å². The molecule has 0 bridgehead atoms. The van der Waals surface area contributed by atoms with Gasteiger partial charge in [0.25, 0.3) is 0 Å². The minimum absolute atomic E-state index is 0.213. The fourth-order valence-electron chi connectivity index (χ4n) is 1.90. The van der Waals surface area contributed by atoms with Gasteiger partial charge >= 0.3 is 0 Å². The second kappa shape index (κ2) is 5.05. The number of hydrogen-bond acceptors (Lipinski definition) is 4. The van der Waals surface area contributed by atoms with Gasteiger partial charge in [-0.25, -0.2) is 0 Å². The number of nitrogens with zero attached hydrogens (tertiary/aromatic N) is 1. The molecule has 102 valence electrons. The highest BCUT2D eigenvalue weighted by Gasteiger charge is 2.16. The predicted octanol–water partition coefficient (Wildman–Crippen LogP) is 2.96. The van der Waals surface area contributed by atoms with Crippen molar-refractivity contribution >= 4 is 22.1 Å². The highest BCUT2D eigenvalue weighted by Crippen LogP contribution is 2.28. The van der Waals surface area contributed by atoms with Gasteiger partial charge in [-0.3, -0.25) is 4.98 Å². The number of nitrogens with one attached hydrogen (secondary N) is 1. The summed E-state index contributed by atoms with van der Waals surface area (Å²) in [6.45, 7) is 6.80. The third kappa shape index (κ3) is 2.96. The van der Waals surface area contributed by atoms with Gasteiger partial charge in [0, 0.05) is 47.7 Å². The summed E-state index contributed by atoms with van der Waals surface area (Å²) in [5.74, 6) is 0. The number of anilines is 2. The van der Waals surface area contributed by atoms with Gasteiger partial charge in [-0.2, -0.15) is 0 Å². The number of benzene rings is 1. The number of rotatable bonds is 4. The average molecular weight is 259 g/mol. The molecule has 2 aromatic rings. The molecule has 0 radical (unpaired) electrons. The fourth-order valence-corrected chi connectivity index (χ4v) is 1.90. The largest absolute Gasteiger partial charge is 0.398 e. The first-order valence-electron chi connectivity index (χ1n) is 6.37. The molecule has 0 amide bonds. The summed E-state index contributed by atoms with van der Waals surface area (Å²) in [7, 11) is 1.72. The van der Waals surface area contributed by atoms with E-state index in [0.717, 1.165) is 34.4 Å². The van der Waals surface area contributed by atoms with Crippen LogP contribution in [0.4, 0.5) is 11.4 Å². The molecule has 0 fully saturated rings. The second-order valence-electron chi connectivity index (χ2n) is 5.39. The number of methoxy groups -OCH3 is 1. The van der Waals surface area contributed by atoms with Crippen LogP contribution in [0.2, 0.25) is 0 Å². The van der Waals surface area contributed by atoms with Crippen LogP contribution in [0.25, 0.3) is 10.8 Å². The van der Waals surface area contributed by atoms with Crippen molar-refractivity contribution in [3.8, 4) is 0 Å². The Morgan fingerprint density at radius 2 is 2.05 bits per heavy atom. The number of hydrogen-bond donors (Lipinski definition) is 2. The zero-order valence-corrected chi connectivity index (χ0v) is 11.9. The number of aryl methyl sites for hydroxylation is 1. The van der Waals surface area contributed by atoms with Gasteiger partial charge < -0.3 is 15.8 Å². The number of ether oxygens (including phenoxy) is 1. The summed E-state index contributed by atoms with van der Waals surface area (Å²) in [6.07, 6.45) is 1.83. The summed E-state index contributed by atoms with van der Waals surface area (Å²) in [5, 5.41) is 5.50. The molecule has 0 aliphatic heterocycles. The lowest BCUT2D eigenvalue weighted by atomic mass is 10.1. The van der Waals surface area contributed by atoms with Crippen molar-refractivity contribution in [2.75, 3.05) is 24.7 Å². The molecular formula is C15H21N3O. The van der Waals surface area contributed by atoms with E-state index in [2.05, 4.69) is 10.3 Å². The lowest BCUT2D eigenvalue weighted by Gasteiger charge is -2.24. The average Bonchev–Trinajstić information content (AvgIpc) is 2.38. The van der Waals surface area contributed by atoms with E-state index in [9.17, 15) is 0 Å². The molecule has 0 unspecified atom stereocenters. The number of aromatic nitrogens is 1. The first-order chi connectivity index (χ1) is 8.93. The van der Waals surface area contributed by atoms with Crippen molar-refractivity contribution in [2.45, 2.75) is 26.4 Å². The van der Waals surface area contributed by atoms with E-state index in [0.29, 0.717) is 0 Å². The SMILES string of the molecule is COC(C)(C)CNc1ccc(N)c2cnc(C)cc12. The van der Waals surface area contributed by atoms with E-state index in [1.54, 1.807) is 7.11 Å². The standard InChI is InChI=1S/C15H21N3O/c1-10-7-11-12(8-17-10)13(16)5-6-14(11)18-9-15(2,3)19-4/h5-8,18H,9,16H2,1-4H3. The molecule has 1 heterocycles. The third-order valence-electron chi connectivity index (χ3n) is 3.33. The van der Waals surface area contributed by atoms with Crippen LogP contribution in [-0.2, 0) is 4.74 Å². The van der Waals surface area contributed by atoms with Gasteiger partial charge in [0.15, 0.2) is 0 Å². The fraction of sp³-hybridized carbons (Fsp3) is 0.400. The minimum Gasteiger partial charge on any atom is -0.398 e. The smallest absolute Gasteiger partial charge is 0.0794 e. The molecule has 19 heavy (non-hydrogen) atoms. The van der Waals surface area contributed by atoms with E-state index < -0.39 is 0 Å². The molecule has 2 rings (SSSR count). The van der Waals surface area contributed by atoms with Crippen molar-refractivity contribution in [3.05, 3.63) is 30.1 Å². The molecular weight excluding hydrogens is 238 g/mol. The van der Waals surface area contributed by atoms with Gasteiger partial charge in [0.1, 0.15) is 0 Å². The predicted molar refractivity (Wildman–Crippen MR) is 80.5 cm³/mol. The normalized spacial score (nSPS) is 11.8. The van der Waals surface area contributed by atoms with Gasteiger partial charge in [-0.1, -0.05) is 0 Å². The van der Waals surface area contributed by atoms with E-state index in [1.165, 1.54) is 0 Å². The Bertz CT molecular complexity index is 593. The molecule has 4 heteroatoms. The Hall–Kier alpha value is -1.81. The zero-order chi connectivity index (χ0) is 14.0. The molecule has 0 saturated heterocycles. The van der Waals surface area contributed by atoms with Crippen LogP contribution in [0.3, 0.4) is 0 Å². The third-order valence-corrected chi connectivity index (χ3v) is 3.33. The van der Waals surface area contributed by atoms with Crippen molar-refractivity contribution < 1.29 is 4.74 Å². The summed E-state index contributed by atoms with van der Waals surface area (Å²) < 4.78 is 5.42. The van der Waals surface area contributed by atoms with Gasteiger partial charge in [0.2, 0.25) is 0 Å². The number of nitrogen functional groups attached to an aromatic ring is 1. The quantitative estimate of drug-likeness (QED) is 0.829. The Morgan fingerprint density at radius 1 is 1.32 bits per heavy atom. The van der Waals surface area contributed by atoms with Crippen molar-refractivity contribution in [1.82, 2.24) is 4.98 Å². The molecule has 0 atom stereocenters. The van der Waals surface area contributed by atoms with Crippen molar-refractivity contribution in [1.29, 1.82) is 0 Å². The molecule has 4 nitrogen and oxygen atoms in total. The van der Waals surface area contributed by atoms with Gasteiger partial charge in [-0.05, 0) is 39.0 Å². The van der Waals surface area contributed by atoms with E-state index in [1.807, 2.05) is 45.2 Å². The lowest BCUT2D eigenvalue weighted by Crippen LogP contribution is -2.32. The summed E-state index contributed by atoms with van der Waals surface area (Å²) in [6, 6.07) is 5.96. The van der Waals surface area contributed by atoms with Crippen LogP contribution >= 0.6 is 0 Å². The van der Waals surface area contributed by atoms with Gasteiger partial charge in [-0.15, -0.1) is 0 Å². The lowest BCUT2D eigenvalue weighted by molar-refractivity contribution is 0.0344. The Morgan fingerprint density at radius 3 is 2.74 bits per heavy atom. The first-order valence-corrected chi connectivity index (χ1v) is 6.37. The molecule has 0 spiro atoms. The Labute approximate surface area is 114 Å². The van der Waals surface area contributed by atoms with Crippen LogP contribution in [0.5, 0.6) is 0 Å². The van der Waals surface area contributed by atoms with Crippen LogP contribution in [0.15, 0.2) is 24.4 Å². The minimum atomic E-state index is -0.213. The van der Waals surface area contributed by atoms with Crippen LogP contribution in [-0.4, -0.2) is 24.2 Å². The molecule has 0 aliphatic carbocycles. The summed E-state index contributed by atoms with van der Waals surface area (Å²) in [5.41, 5.74) is 8.56. The molecule has 1 aromatic carbocycles.